The Bertz CT molecular complexity index is 2550. The summed E-state index contributed by atoms with van der Waals surface area (Å²) in [7, 11) is 0. The average Bonchev–Trinajstić information content (AvgIpc) is 3.21. The number of rotatable bonds is 6. The van der Waals surface area contributed by atoms with E-state index < -0.39 is 0 Å². The molecule has 0 amide bonds. The Labute approximate surface area is 289 Å². The monoisotopic (exact) mass is 639 g/mol. The van der Waals surface area contributed by atoms with Gasteiger partial charge in [0.25, 0.3) is 0 Å². The summed E-state index contributed by atoms with van der Waals surface area (Å²) in [4.78, 5) is 25.7. The third-order valence-corrected chi connectivity index (χ3v) is 8.93. The van der Waals surface area contributed by atoms with Gasteiger partial charge in [-0.15, -0.1) is 0 Å². The van der Waals surface area contributed by atoms with Crippen LogP contribution in [0.15, 0.2) is 176 Å². The number of fused-ring (bicyclic) bond motifs is 3. The van der Waals surface area contributed by atoms with Crippen LogP contribution in [0.25, 0.3) is 89.6 Å². The highest BCUT2D eigenvalue weighted by atomic mass is 15.0. The van der Waals surface area contributed by atoms with Crippen molar-refractivity contribution in [3.8, 4) is 67.8 Å². The van der Waals surface area contributed by atoms with E-state index in [1.807, 2.05) is 91.0 Å². The minimum absolute atomic E-state index is 0.497. The zero-order valence-electron chi connectivity index (χ0n) is 27.0. The van der Waals surface area contributed by atoms with Gasteiger partial charge in [0.1, 0.15) is 5.69 Å². The Morgan fingerprint density at radius 2 is 0.600 bits per heavy atom. The lowest BCUT2D eigenvalue weighted by Crippen LogP contribution is -2.02. The van der Waals surface area contributed by atoms with Crippen LogP contribution in [0.5, 0.6) is 0 Å². The molecule has 0 N–H and O–H groups in total. The van der Waals surface area contributed by atoms with Gasteiger partial charge < -0.3 is 0 Å². The van der Waals surface area contributed by atoms with Gasteiger partial charge in [-0.1, -0.05) is 164 Å². The normalized spacial score (nSPS) is 11.2. The van der Waals surface area contributed by atoms with Crippen LogP contribution in [0.1, 0.15) is 0 Å². The third kappa shape index (κ3) is 5.47. The average molecular weight is 640 g/mol. The molecule has 0 spiro atoms. The van der Waals surface area contributed by atoms with Gasteiger partial charge in [0.05, 0.1) is 16.7 Å². The Morgan fingerprint density at radius 1 is 0.260 bits per heavy atom. The molecule has 5 heteroatoms. The van der Waals surface area contributed by atoms with Crippen LogP contribution >= 0.6 is 0 Å². The quantitative estimate of drug-likeness (QED) is 0.169. The molecule has 5 nitrogen and oxygen atoms in total. The summed E-state index contributed by atoms with van der Waals surface area (Å²) < 4.78 is 0. The molecule has 50 heavy (non-hydrogen) atoms. The fraction of sp³-hybridized carbons (Fsp3) is 0. The molecule has 0 saturated carbocycles. The SMILES string of the molecule is c1ccc(-c2cc(-c3ccccc3)c3ccc4c(-c5ccccc5)cc(-c5nc(-c6ccccc6)nc(-c6ccccc6)n5)nc4c3n2)cc1. The molecule has 0 aliphatic heterocycles. The predicted molar refractivity (Wildman–Crippen MR) is 203 cm³/mol. The molecule has 0 saturated heterocycles. The largest absolute Gasteiger partial charge is 0.245 e. The van der Waals surface area contributed by atoms with Gasteiger partial charge in [0.15, 0.2) is 17.5 Å². The fourth-order valence-electron chi connectivity index (χ4n) is 6.48. The van der Waals surface area contributed by atoms with Gasteiger partial charge in [0.2, 0.25) is 0 Å². The van der Waals surface area contributed by atoms with Crippen LogP contribution in [0.2, 0.25) is 0 Å². The first kappa shape index (κ1) is 29.3. The van der Waals surface area contributed by atoms with Crippen molar-refractivity contribution in [2.75, 3.05) is 0 Å². The summed E-state index contributed by atoms with van der Waals surface area (Å²) in [6.07, 6.45) is 0. The van der Waals surface area contributed by atoms with Crippen LogP contribution in [-0.2, 0) is 0 Å². The van der Waals surface area contributed by atoms with E-state index in [2.05, 4.69) is 84.9 Å². The lowest BCUT2D eigenvalue weighted by Gasteiger charge is -2.15. The lowest BCUT2D eigenvalue weighted by atomic mass is 9.94. The van der Waals surface area contributed by atoms with Crippen molar-refractivity contribution >= 4 is 21.8 Å². The zero-order chi connectivity index (χ0) is 33.3. The van der Waals surface area contributed by atoms with E-state index in [0.29, 0.717) is 23.2 Å². The topological polar surface area (TPSA) is 64.5 Å². The molecule has 0 atom stereocenters. The maximum Gasteiger partial charge on any atom is 0.182 e. The number of benzene rings is 6. The summed E-state index contributed by atoms with van der Waals surface area (Å²) in [5.74, 6) is 1.68. The second kappa shape index (κ2) is 12.6. The van der Waals surface area contributed by atoms with Gasteiger partial charge in [-0.3, -0.25) is 0 Å². The van der Waals surface area contributed by atoms with Crippen LogP contribution in [-0.4, -0.2) is 24.9 Å². The van der Waals surface area contributed by atoms with E-state index in [0.717, 1.165) is 66.4 Å². The molecule has 3 aromatic heterocycles. The van der Waals surface area contributed by atoms with Gasteiger partial charge in [0, 0.05) is 27.5 Å². The molecular weight excluding hydrogens is 611 g/mol. The lowest BCUT2D eigenvalue weighted by molar-refractivity contribution is 1.06. The Balaban J connectivity index is 1.37. The van der Waals surface area contributed by atoms with E-state index in [4.69, 9.17) is 24.9 Å². The van der Waals surface area contributed by atoms with E-state index in [1.165, 1.54) is 0 Å². The van der Waals surface area contributed by atoms with Gasteiger partial charge in [-0.05, 0) is 34.4 Å². The molecule has 3 heterocycles. The van der Waals surface area contributed by atoms with E-state index in [1.54, 1.807) is 0 Å². The molecular formula is C45H29N5. The fourth-order valence-corrected chi connectivity index (χ4v) is 6.48. The number of pyridine rings is 2. The molecule has 0 unspecified atom stereocenters. The van der Waals surface area contributed by atoms with Crippen molar-refractivity contribution in [3.05, 3.63) is 176 Å². The van der Waals surface area contributed by atoms with E-state index >= 15 is 0 Å². The Kier molecular flexibility index (Phi) is 7.41. The second-order valence-corrected chi connectivity index (χ2v) is 12.1. The minimum Gasteiger partial charge on any atom is -0.245 e. The first-order valence-electron chi connectivity index (χ1n) is 16.6. The van der Waals surface area contributed by atoms with Crippen LogP contribution in [0.3, 0.4) is 0 Å². The summed E-state index contributed by atoms with van der Waals surface area (Å²) >= 11 is 0. The van der Waals surface area contributed by atoms with Crippen molar-refractivity contribution < 1.29 is 0 Å². The van der Waals surface area contributed by atoms with Gasteiger partial charge in [-0.25, -0.2) is 24.9 Å². The smallest absolute Gasteiger partial charge is 0.182 e. The molecule has 234 valence electrons. The first-order valence-corrected chi connectivity index (χ1v) is 16.6. The summed E-state index contributed by atoms with van der Waals surface area (Å²) in [6, 6.07) is 59.9. The van der Waals surface area contributed by atoms with Crippen LogP contribution < -0.4 is 0 Å². The van der Waals surface area contributed by atoms with Crippen molar-refractivity contribution in [1.82, 2.24) is 24.9 Å². The van der Waals surface area contributed by atoms with Crippen molar-refractivity contribution in [2.45, 2.75) is 0 Å². The highest BCUT2D eigenvalue weighted by molar-refractivity contribution is 6.13. The summed E-state index contributed by atoms with van der Waals surface area (Å²) in [5, 5.41) is 2.03. The molecule has 9 rings (SSSR count). The molecule has 9 aromatic rings. The van der Waals surface area contributed by atoms with Gasteiger partial charge in [-0.2, -0.15) is 0 Å². The molecule has 0 fully saturated rings. The second-order valence-electron chi connectivity index (χ2n) is 12.1. The number of hydrogen-bond acceptors (Lipinski definition) is 5. The molecule has 6 aromatic carbocycles. The molecule has 0 aliphatic rings. The Hall–Kier alpha value is -6.85. The predicted octanol–water partition coefficient (Wildman–Crippen LogP) is 11.0. The standard InChI is InChI=1S/C45H29N5/c1-6-16-30(17-7-1)37-28-39(32-20-10-3-11-21-32)46-41-35(37)26-27-36-38(31-18-8-2-9-19-31)29-40(47-42(36)41)45-49-43(33-22-12-4-13-23-33)48-44(50-45)34-24-14-5-15-25-34/h1-29H. The number of nitrogens with zero attached hydrogens (tertiary/aromatic N) is 5. The first-order chi connectivity index (χ1) is 24.8. The molecule has 0 radical (unpaired) electrons. The molecule has 0 bridgehead atoms. The molecule has 0 aliphatic carbocycles. The third-order valence-electron chi connectivity index (χ3n) is 8.93. The summed E-state index contributed by atoms with van der Waals surface area (Å²) in [5.41, 5.74) is 10.3. The van der Waals surface area contributed by atoms with E-state index in [-0.39, 0.29) is 0 Å². The number of aromatic nitrogens is 5. The Morgan fingerprint density at radius 3 is 1.04 bits per heavy atom. The summed E-state index contributed by atoms with van der Waals surface area (Å²) in [6.45, 7) is 0. The van der Waals surface area contributed by atoms with Gasteiger partial charge >= 0.3 is 0 Å². The maximum absolute atomic E-state index is 5.38. The zero-order valence-corrected chi connectivity index (χ0v) is 27.0. The van der Waals surface area contributed by atoms with Crippen molar-refractivity contribution in [2.24, 2.45) is 0 Å². The number of hydrogen-bond donors (Lipinski definition) is 0. The minimum atomic E-state index is 0.497. The van der Waals surface area contributed by atoms with Crippen LogP contribution in [0.4, 0.5) is 0 Å². The highest BCUT2D eigenvalue weighted by Gasteiger charge is 2.19. The van der Waals surface area contributed by atoms with Crippen molar-refractivity contribution in [1.29, 1.82) is 0 Å². The van der Waals surface area contributed by atoms with E-state index in [9.17, 15) is 0 Å². The van der Waals surface area contributed by atoms with Crippen LogP contribution in [0, 0.1) is 0 Å². The van der Waals surface area contributed by atoms with Crippen molar-refractivity contribution in [3.63, 3.8) is 0 Å². The maximum atomic E-state index is 5.38. The highest BCUT2D eigenvalue weighted by Crippen LogP contribution is 2.39.